The molecule has 0 saturated heterocycles. The molecule has 2 aromatic heterocycles. The third-order valence-corrected chi connectivity index (χ3v) is 4.02. The van der Waals surface area contributed by atoms with Crippen molar-refractivity contribution in [3.05, 3.63) is 64.8 Å². The van der Waals surface area contributed by atoms with Crippen LogP contribution in [0.25, 0.3) is 0 Å². The molecule has 0 fully saturated rings. The van der Waals surface area contributed by atoms with Gasteiger partial charge >= 0.3 is 0 Å². The number of ether oxygens (including phenoxy) is 1. The molecule has 0 spiro atoms. The van der Waals surface area contributed by atoms with Gasteiger partial charge in [0.05, 0.1) is 6.20 Å². The third kappa shape index (κ3) is 4.11. The number of rotatable bonds is 6. The molecular weight excluding hydrogens is 332 g/mol. The molecule has 0 saturated carbocycles. The molecule has 0 unspecified atom stereocenters. The first-order chi connectivity index (χ1) is 12.4. The van der Waals surface area contributed by atoms with Crippen LogP contribution in [0, 0.1) is 13.8 Å². The summed E-state index contributed by atoms with van der Waals surface area (Å²) in [6, 6.07) is 7.63. The van der Waals surface area contributed by atoms with Gasteiger partial charge in [-0.05, 0) is 31.0 Å². The summed E-state index contributed by atoms with van der Waals surface area (Å²) in [5.41, 5.74) is 3.37. The van der Waals surface area contributed by atoms with E-state index in [0.717, 1.165) is 22.4 Å². The lowest BCUT2D eigenvalue weighted by Crippen LogP contribution is -2.26. The molecule has 7 nitrogen and oxygen atoms in total. The summed E-state index contributed by atoms with van der Waals surface area (Å²) in [6.07, 6.45) is 3.60. The smallest absolute Gasteiger partial charge is 0.276 e. The van der Waals surface area contributed by atoms with E-state index in [2.05, 4.69) is 10.3 Å². The number of benzene rings is 1. The summed E-state index contributed by atoms with van der Waals surface area (Å²) in [5.74, 6) is 1.09. The van der Waals surface area contributed by atoms with Crippen molar-refractivity contribution >= 4 is 5.91 Å². The van der Waals surface area contributed by atoms with Gasteiger partial charge in [0.2, 0.25) is 0 Å². The second-order valence-corrected chi connectivity index (χ2v) is 6.42. The molecular formula is C19H22N4O3. The summed E-state index contributed by atoms with van der Waals surface area (Å²) in [5, 5.41) is 7.97. The molecule has 0 aliphatic rings. The van der Waals surface area contributed by atoms with Gasteiger partial charge in [-0.2, -0.15) is 5.10 Å². The molecule has 3 rings (SSSR count). The van der Waals surface area contributed by atoms with E-state index in [-0.39, 0.29) is 18.2 Å². The Balaban J connectivity index is 1.61. The van der Waals surface area contributed by atoms with E-state index in [1.54, 1.807) is 28.9 Å². The fourth-order valence-electron chi connectivity index (χ4n) is 2.59. The SMILES string of the molecule is Cc1ccc(C)c(OCc2cc(C(=O)N(C)Cc3cnn(C)c3)no2)c1. The second kappa shape index (κ2) is 7.43. The quantitative estimate of drug-likeness (QED) is 0.680. The van der Waals surface area contributed by atoms with Crippen molar-refractivity contribution in [3.8, 4) is 5.75 Å². The summed E-state index contributed by atoms with van der Waals surface area (Å²) < 4.78 is 12.7. The van der Waals surface area contributed by atoms with Crippen LogP contribution in [-0.2, 0) is 20.2 Å². The lowest BCUT2D eigenvalue weighted by Gasteiger charge is -2.13. The van der Waals surface area contributed by atoms with Gasteiger partial charge in [-0.25, -0.2) is 0 Å². The van der Waals surface area contributed by atoms with Gasteiger partial charge in [0, 0.05) is 38.5 Å². The molecule has 7 heteroatoms. The molecule has 26 heavy (non-hydrogen) atoms. The van der Waals surface area contributed by atoms with Gasteiger partial charge in [-0.3, -0.25) is 9.48 Å². The van der Waals surface area contributed by atoms with Crippen LogP contribution in [0.3, 0.4) is 0 Å². The maximum absolute atomic E-state index is 12.5. The highest BCUT2D eigenvalue weighted by molar-refractivity contribution is 5.92. The van der Waals surface area contributed by atoms with E-state index in [1.807, 2.05) is 45.3 Å². The van der Waals surface area contributed by atoms with Gasteiger partial charge in [0.1, 0.15) is 12.4 Å². The minimum Gasteiger partial charge on any atom is -0.485 e. The average molecular weight is 354 g/mol. The average Bonchev–Trinajstić information content (AvgIpc) is 3.24. The van der Waals surface area contributed by atoms with Crippen molar-refractivity contribution in [1.82, 2.24) is 19.8 Å². The fourth-order valence-corrected chi connectivity index (χ4v) is 2.59. The number of hydrogen-bond donors (Lipinski definition) is 0. The number of amides is 1. The Kier molecular flexibility index (Phi) is 5.06. The highest BCUT2D eigenvalue weighted by Gasteiger charge is 2.18. The normalized spacial score (nSPS) is 10.8. The zero-order chi connectivity index (χ0) is 18.7. The van der Waals surface area contributed by atoms with Crippen LogP contribution in [0.5, 0.6) is 5.75 Å². The third-order valence-electron chi connectivity index (χ3n) is 4.02. The van der Waals surface area contributed by atoms with E-state index in [1.165, 1.54) is 0 Å². The van der Waals surface area contributed by atoms with Crippen molar-refractivity contribution < 1.29 is 14.1 Å². The Bertz CT molecular complexity index is 913. The van der Waals surface area contributed by atoms with E-state index in [4.69, 9.17) is 9.26 Å². The number of nitrogens with zero attached hydrogens (tertiary/aromatic N) is 4. The first-order valence-corrected chi connectivity index (χ1v) is 8.31. The van der Waals surface area contributed by atoms with Crippen LogP contribution in [0.15, 0.2) is 41.2 Å². The Labute approximate surface area is 152 Å². The lowest BCUT2D eigenvalue weighted by atomic mass is 10.1. The molecule has 0 N–H and O–H groups in total. The molecule has 0 radical (unpaired) electrons. The first kappa shape index (κ1) is 17.7. The standard InChI is InChI=1S/C19H22N4O3/c1-13-5-6-14(2)18(7-13)25-12-16-8-17(21-26-16)19(24)22(3)10-15-9-20-23(4)11-15/h5-9,11H,10,12H2,1-4H3. The molecule has 0 aliphatic heterocycles. The van der Waals surface area contributed by atoms with E-state index in [9.17, 15) is 4.79 Å². The second-order valence-electron chi connectivity index (χ2n) is 6.42. The van der Waals surface area contributed by atoms with Crippen LogP contribution in [-0.4, -0.2) is 32.8 Å². The van der Waals surface area contributed by atoms with Gasteiger partial charge in [-0.15, -0.1) is 0 Å². The summed E-state index contributed by atoms with van der Waals surface area (Å²) in [4.78, 5) is 14.1. The number of carbonyl (C=O) groups is 1. The Hall–Kier alpha value is -3.09. The van der Waals surface area contributed by atoms with E-state index >= 15 is 0 Å². The van der Waals surface area contributed by atoms with Crippen molar-refractivity contribution in [2.45, 2.75) is 27.0 Å². The lowest BCUT2D eigenvalue weighted by molar-refractivity contribution is 0.0774. The van der Waals surface area contributed by atoms with Crippen molar-refractivity contribution in [2.75, 3.05) is 7.05 Å². The van der Waals surface area contributed by atoms with Crippen LogP contribution in [0.2, 0.25) is 0 Å². The molecule has 136 valence electrons. The van der Waals surface area contributed by atoms with Crippen LogP contribution >= 0.6 is 0 Å². The highest BCUT2D eigenvalue weighted by atomic mass is 16.5. The predicted molar refractivity (Wildman–Crippen MR) is 95.8 cm³/mol. The first-order valence-electron chi connectivity index (χ1n) is 8.31. The zero-order valence-electron chi connectivity index (χ0n) is 15.4. The predicted octanol–water partition coefficient (Wildman–Crippen LogP) is 2.88. The molecule has 1 amide bonds. The summed E-state index contributed by atoms with van der Waals surface area (Å²) in [6.45, 7) is 4.66. The summed E-state index contributed by atoms with van der Waals surface area (Å²) in [7, 11) is 3.56. The monoisotopic (exact) mass is 354 g/mol. The van der Waals surface area contributed by atoms with E-state index < -0.39 is 0 Å². The van der Waals surface area contributed by atoms with Crippen LogP contribution in [0.4, 0.5) is 0 Å². The van der Waals surface area contributed by atoms with Gasteiger partial charge in [-0.1, -0.05) is 17.3 Å². The maximum Gasteiger partial charge on any atom is 0.276 e. The van der Waals surface area contributed by atoms with Gasteiger partial charge in [0.25, 0.3) is 5.91 Å². The molecule has 0 atom stereocenters. The minimum absolute atomic E-state index is 0.212. The Morgan fingerprint density at radius 3 is 2.85 bits per heavy atom. The maximum atomic E-state index is 12.5. The number of aromatic nitrogens is 3. The molecule has 0 bridgehead atoms. The molecule has 0 aliphatic carbocycles. The zero-order valence-corrected chi connectivity index (χ0v) is 15.4. The van der Waals surface area contributed by atoms with Crippen molar-refractivity contribution in [1.29, 1.82) is 0 Å². The molecule has 1 aromatic carbocycles. The van der Waals surface area contributed by atoms with Crippen molar-refractivity contribution in [3.63, 3.8) is 0 Å². The van der Waals surface area contributed by atoms with Crippen LogP contribution in [0.1, 0.15) is 32.9 Å². The minimum atomic E-state index is -0.212. The molecule has 2 heterocycles. The number of carbonyl (C=O) groups excluding carboxylic acids is 1. The van der Waals surface area contributed by atoms with Gasteiger partial charge in [0.15, 0.2) is 11.5 Å². The van der Waals surface area contributed by atoms with E-state index in [0.29, 0.717) is 12.3 Å². The fraction of sp³-hybridized carbons (Fsp3) is 0.316. The number of aryl methyl sites for hydroxylation is 3. The summed E-state index contributed by atoms with van der Waals surface area (Å²) >= 11 is 0. The van der Waals surface area contributed by atoms with Gasteiger partial charge < -0.3 is 14.2 Å². The molecule has 3 aromatic rings. The largest absolute Gasteiger partial charge is 0.485 e. The topological polar surface area (TPSA) is 73.4 Å². The van der Waals surface area contributed by atoms with Crippen LogP contribution < -0.4 is 4.74 Å². The van der Waals surface area contributed by atoms with Crippen molar-refractivity contribution in [2.24, 2.45) is 7.05 Å². The Morgan fingerprint density at radius 1 is 1.31 bits per heavy atom. The number of hydrogen-bond acceptors (Lipinski definition) is 5. The highest BCUT2D eigenvalue weighted by Crippen LogP contribution is 2.20. The Morgan fingerprint density at radius 2 is 2.12 bits per heavy atom.